The molecule has 0 aliphatic rings. The van der Waals surface area contributed by atoms with E-state index in [0.717, 1.165) is 0 Å². The van der Waals surface area contributed by atoms with Gasteiger partial charge in [0.1, 0.15) is 6.04 Å². The molecular weight excluding hydrogens is 222 g/mol. The lowest BCUT2D eigenvalue weighted by Gasteiger charge is -2.15. The molecule has 15 heavy (non-hydrogen) atoms. The topological polar surface area (TPSA) is 64.6 Å². The van der Waals surface area contributed by atoms with Gasteiger partial charge < -0.3 is 14.8 Å². The molecule has 0 radical (unpaired) electrons. The van der Waals surface area contributed by atoms with Gasteiger partial charge in [-0.1, -0.05) is 0 Å². The first-order chi connectivity index (χ1) is 7.15. The minimum atomic E-state index is -0.735. The summed E-state index contributed by atoms with van der Waals surface area (Å²) in [5.41, 5.74) is 0. The van der Waals surface area contributed by atoms with Crippen molar-refractivity contribution in [1.82, 2.24) is 5.32 Å². The standard InChI is InChI=1S/C9H16ClNO4/c1-3-14-8(12)7(5-6-10)11-9(13)15-4-2/h7H,3-6H2,1-2H3,(H,11,13)/t7-/m0/s1. The fourth-order valence-electron chi connectivity index (χ4n) is 0.916. The third kappa shape index (κ3) is 6.17. The number of nitrogens with one attached hydrogen (secondary N) is 1. The van der Waals surface area contributed by atoms with Gasteiger partial charge in [-0.15, -0.1) is 11.6 Å². The second-order valence-electron chi connectivity index (χ2n) is 2.65. The monoisotopic (exact) mass is 237 g/mol. The first-order valence-corrected chi connectivity index (χ1v) is 5.35. The summed E-state index contributed by atoms with van der Waals surface area (Å²) < 4.78 is 9.41. The van der Waals surface area contributed by atoms with Crippen LogP contribution in [0.25, 0.3) is 0 Å². The largest absolute Gasteiger partial charge is 0.464 e. The summed E-state index contributed by atoms with van der Waals surface area (Å²) in [5.74, 6) is -0.234. The second kappa shape index (κ2) is 8.35. The lowest BCUT2D eigenvalue weighted by Crippen LogP contribution is -2.42. The maximum atomic E-state index is 11.3. The molecule has 0 fully saturated rings. The van der Waals surface area contributed by atoms with Crippen LogP contribution in [0.4, 0.5) is 4.79 Å². The summed E-state index contributed by atoms with van der Waals surface area (Å²) in [7, 11) is 0. The molecule has 0 saturated carbocycles. The van der Waals surface area contributed by atoms with Crippen molar-refractivity contribution >= 4 is 23.7 Å². The zero-order valence-electron chi connectivity index (χ0n) is 8.92. The first kappa shape index (κ1) is 14.0. The predicted octanol–water partition coefficient (Wildman–Crippen LogP) is 1.29. The lowest BCUT2D eigenvalue weighted by atomic mass is 10.2. The first-order valence-electron chi connectivity index (χ1n) is 4.81. The van der Waals surface area contributed by atoms with Gasteiger partial charge in [-0.05, 0) is 20.3 Å². The number of alkyl carbamates (subject to hydrolysis) is 1. The molecule has 0 bridgehead atoms. The number of amides is 1. The normalized spacial score (nSPS) is 11.7. The fraction of sp³-hybridized carbons (Fsp3) is 0.778. The van der Waals surface area contributed by atoms with Gasteiger partial charge in [-0.2, -0.15) is 0 Å². The number of ether oxygens (including phenoxy) is 2. The molecule has 0 heterocycles. The van der Waals surface area contributed by atoms with E-state index in [9.17, 15) is 9.59 Å². The Kier molecular flexibility index (Phi) is 7.81. The van der Waals surface area contributed by atoms with Crippen molar-refractivity contribution in [3.63, 3.8) is 0 Å². The van der Waals surface area contributed by atoms with Crippen LogP contribution in [0.2, 0.25) is 0 Å². The van der Waals surface area contributed by atoms with Crippen LogP contribution in [0.15, 0.2) is 0 Å². The van der Waals surface area contributed by atoms with E-state index >= 15 is 0 Å². The van der Waals surface area contributed by atoms with Gasteiger partial charge in [0.05, 0.1) is 13.2 Å². The molecule has 0 saturated heterocycles. The molecule has 0 unspecified atom stereocenters. The summed E-state index contributed by atoms with van der Waals surface area (Å²) in [6.07, 6.45) is -0.320. The minimum absolute atomic E-state index is 0.252. The Hall–Kier alpha value is -0.970. The van der Waals surface area contributed by atoms with Crippen molar-refractivity contribution in [1.29, 1.82) is 0 Å². The maximum Gasteiger partial charge on any atom is 0.407 e. The number of hydrogen-bond acceptors (Lipinski definition) is 4. The molecule has 0 aliphatic carbocycles. The van der Waals surface area contributed by atoms with Crippen LogP contribution < -0.4 is 5.32 Å². The smallest absolute Gasteiger partial charge is 0.407 e. The Morgan fingerprint density at radius 2 is 1.87 bits per heavy atom. The van der Waals surface area contributed by atoms with Crippen molar-refractivity contribution in [3.05, 3.63) is 0 Å². The summed E-state index contributed by atoms with van der Waals surface area (Å²) in [4.78, 5) is 22.4. The molecule has 0 aromatic rings. The number of alkyl halides is 1. The Labute approximate surface area is 94.1 Å². The van der Waals surface area contributed by atoms with Gasteiger partial charge in [-0.25, -0.2) is 9.59 Å². The molecular formula is C9H16ClNO4. The quantitative estimate of drug-likeness (QED) is 0.559. The zero-order valence-corrected chi connectivity index (χ0v) is 9.67. The lowest BCUT2D eigenvalue weighted by molar-refractivity contribution is -0.145. The highest BCUT2D eigenvalue weighted by Gasteiger charge is 2.21. The van der Waals surface area contributed by atoms with Crippen molar-refractivity contribution in [2.24, 2.45) is 0 Å². The number of carbonyl (C=O) groups excluding carboxylic acids is 2. The van der Waals surface area contributed by atoms with E-state index in [1.165, 1.54) is 0 Å². The summed E-state index contributed by atoms with van der Waals surface area (Å²) in [6.45, 7) is 3.89. The van der Waals surface area contributed by atoms with Crippen LogP contribution in [0, 0.1) is 0 Å². The third-order valence-corrected chi connectivity index (χ3v) is 1.75. The average Bonchev–Trinajstić information content (AvgIpc) is 2.18. The maximum absolute atomic E-state index is 11.3. The van der Waals surface area contributed by atoms with Crippen LogP contribution in [0.5, 0.6) is 0 Å². The van der Waals surface area contributed by atoms with Gasteiger partial charge in [0, 0.05) is 5.88 Å². The molecule has 0 spiro atoms. The molecule has 88 valence electrons. The van der Waals surface area contributed by atoms with Gasteiger partial charge >= 0.3 is 12.1 Å². The number of halogens is 1. The van der Waals surface area contributed by atoms with E-state index in [-0.39, 0.29) is 19.1 Å². The summed E-state index contributed by atoms with van der Waals surface area (Å²) >= 11 is 5.50. The van der Waals surface area contributed by atoms with Crippen LogP contribution in [0.3, 0.4) is 0 Å². The minimum Gasteiger partial charge on any atom is -0.464 e. The van der Waals surface area contributed by atoms with Gasteiger partial charge in [0.2, 0.25) is 0 Å². The van der Waals surface area contributed by atoms with E-state index in [4.69, 9.17) is 16.3 Å². The number of hydrogen-bond donors (Lipinski definition) is 1. The Morgan fingerprint density at radius 1 is 1.27 bits per heavy atom. The second-order valence-corrected chi connectivity index (χ2v) is 3.03. The van der Waals surface area contributed by atoms with E-state index in [2.05, 4.69) is 10.1 Å². The number of carbonyl (C=O) groups is 2. The van der Waals surface area contributed by atoms with Crippen molar-refractivity contribution in [3.8, 4) is 0 Å². The van der Waals surface area contributed by atoms with Crippen molar-refractivity contribution in [2.45, 2.75) is 26.3 Å². The van der Waals surface area contributed by atoms with Gasteiger partial charge in [0.25, 0.3) is 0 Å². The zero-order chi connectivity index (χ0) is 11.7. The number of esters is 1. The Bertz CT molecular complexity index is 210. The van der Waals surface area contributed by atoms with Gasteiger partial charge in [0.15, 0.2) is 0 Å². The SMILES string of the molecule is CCOC(=O)N[C@@H](CCCl)C(=O)OCC. The molecule has 1 N–H and O–H groups in total. The fourth-order valence-corrected chi connectivity index (χ4v) is 1.13. The summed E-state index contributed by atoms with van der Waals surface area (Å²) in [6, 6.07) is -0.735. The molecule has 0 aliphatic heterocycles. The average molecular weight is 238 g/mol. The summed E-state index contributed by atoms with van der Waals surface area (Å²) in [5, 5.41) is 2.38. The van der Waals surface area contributed by atoms with Crippen LogP contribution >= 0.6 is 11.6 Å². The molecule has 6 heteroatoms. The van der Waals surface area contributed by atoms with E-state index in [1.807, 2.05) is 0 Å². The van der Waals surface area contributed by atoms with Crippen molar-refractivity contribution in [2.75, 3.05) is 19.1 Å². The third-order valence-electron chi connectivity index (χ3n) is 1.54. The molecule has 0 rings (SSSR count). The molecule has 0 aromatic heterocycles. The Balaban J connectivity index is 4.13. The molecule has 0 aromatic carbocycles. The Morgan fingerprint density at radius 3 is 2.33 bits per heavy atom. The predicted molar refractivity (Wildman–Crippen MR) is 55.9 cm³/mol. The van der Waals surface area contributed by atoms with E-state index in [1.54, 1.807) is 13.8 Å². The van der Waals surface area contributed by atoms with Crippen LogP contribution in [-0.4, -0.2) is 37.2 Å². The highest BCUT2D eigenvalue weighted by Crippen LogP contribution is 1.99. The van der Waals surface area contributed by atoms with Gasteiger partial charge in [-0.3, -0.25) is 0 Å². The van der Waals surface area contributed by atoms with E-state index < -0.39 is 18.1 Å². The van der Waals surface area contributed by atoms with Crippen LogP contribution in [-0.2, 0) is 14.3 Å². The molecule has 5 nitrogen and oxygen atoms in total. The molecule has 1 amide bonds. The number of rotatable bonds is 6. The molecule has 1 atom stereocenters. The van der Waals surface area contributed by atoms with E-state index in [0.29, 0.717) is 6.42 Å². The highest BCUT2D eigenvalue weighted by atomic mass is 35.5. The van der Waals surface area contributed by atoms with Crippen molar-refractivity contribution < 1.29 is 19.1 Å². The van der Waals surface area contributed by atoms with Crippen LogP contribution in [0.1, 0.15) is 20.3 Å². The highest BCUT2D eigenvalue weighted by molar-refractivity contribution is 6.18.